The molecule has 0 saturated carbocycles. The molecule has 1 heterocycles. The summed E-state index contributed by atoms with van der Waals surface area (Å²) in [5, 5.41) is 0. The van der Waals surface area contributed by atoms with Crippen LogP contribution in [0.3, 0.4) is 0 Å². The van der Waals surface area contributed by atoms with Crippen molar-refractivity contribution in [1.82, 2.24) is 0 Å². The smallest absolute Gasteiger partial charge is 0.813 e. The summed E-state index contributed by atoms with van der Waals surface area (Å²) in [6.45, 7) is 5.92. The van der Waals surface area contributed by atoms with E-state index in [1.54, 1.807) is 6.20 Å². The maximum absolute atomic E-state index is 4.22. The van der Waals surface area contributed by atoms with E-state index in [1.165, 1.54) is 5.92 Å². The summed E-state index contributed by atoms with van der Waals surface area (Å²) in [6, 6.07) is 0. The van der Waals surface area contributed by atoms with Crippen LogP contribution in [0.15, 0.2) is 22.3 Å². The van der Waals surface area contributed by atoms with Crippen molar-refractivity contribution in [1.29, 1.82) is 0 Å². The van der Waals surface area contributed by atoms with Gasteiger partial charge >= 0.3 is 18.9 Å². The average Bonchev–Trinajstić information content (AvgIpc) is 1.96. The van der Waals surface area contributed by atoms with Gasteiger partial charge in [-0.1, -0.05) is 0 Å². The van der Waals surface area contributed by atoms with Crippen molar-refractivity contribution >= 4 is 25.0 Å². The Balaban J connectivity index is 0. The fraction of sp³-hybridized carbons (Fsp3) is 0.375. The molecule has 0 aromatic heterocycles. The maximum atomic E-state index is 4.22. The summed E-state index contributed by atoms with van der Waals surface area (Å²) < 4.78 is 0. The standard InChI is InChI=1S/C8H11N2.Li.H2S/c1-6-4-5-9-8(3)10-7(6)2;;/h4-5H,1-3H3;;1H2/q-1;+1;/p-1. The number of allylic oxidation sites excluding steroid dienone is 1. The topological polar surface area (TPSA) is 24.7 Å². The first kappa shape index (κ1) is 14.4. The zero-order valence-corrected chi connectivity index (χ0v) is 8.89. The number of aliphatic imine (C=N–C) groups is 2. The number of rotatable bonds is 0. The van der Waals surface area contributed by atoms with Gasteiger partial charge in [-0.25, -0.2) is 6.08 Å². The van der Waals surface area contributed by atoms with Gasteiger partial charge in [0.15, 0.2) is 0 Å². The van der Waals surface area contributed by atoms with E-state index in [0.717, 1.165) is 11.5 Å². The van der Waals surface area contributed by atoms with Crippen LogP contribution in [-0.4, -0.2) is 11.5 Å². The second kappa shape index (κ2) is 6.42. The molecule has 1 rings (SSSR count). The van der Waals surface area contributed by atoms with Crippen LogP contribution in [0.1, 0.15) is 20.8 Å². The van der Waals surface area contributed by atoms with Crippen LogP contribution in [0, 0.1) is 5.92 Å². The Hall–Kier alpha value is -0.103. The maximum Gasteiger partial charge on any atom is 1.00 e. The van der Waals surface area contributed by atoms with E-state index in [2.05, 4.69) is 9.98 Å². The van der Waals surface area contributed by atoms with E-state index in [4.69, 9.17) is 0 Å². The molecule has 0 radical (unpaired) electrons. The van der Waals surface area contributed by atoms with Crippen molar-refractivity contribution < 1.29 is 18.9 Å². The number of thiol groups is 1. The van der Waals surface area contributed by atoms with Crippen LogP contribution >= 0.6 is 0 Å². The summed E-state index contributed by atoms with van der Waals surface area (Å²) >= 11 is 0. The van der Waals surface area contributed by atoms with Crippen LogP contribution in [0.2, 0.25) is 0 Å². The van der Waals surface area contributed by atoms with Crippen LogP contribution < -0.4 is 18.9 Å². The van der Waals surface area contributed by atoms with Crippen molar-refractivity contribution in [2.45, 2.75) is 20.8 Å². The molecule has 12 heavy (non-hydrogen) atoms. The van der Waals surface area contributed by atoms with Gasteiger partial charge in [-0.3, -0.25) is 4.99 Å². The molecule has 0 fully saturated rings. The number of nitrogens with zero attached hydrogens (tertiary/aromatic N) is 2. The molecule has 0 saturated heterocycles. The SMILES string of the molecule is CC1=NC=C[C-](C)C(C)=N1.[Li+].[SH-]. The molecule has 62 valence electrons. The Bertz CT molecular complexity index is 221. The minimum absolute atomic E-state index is 0. The third-order valence-corrected chi connectivity index (χ3v) is 1.49. The van der Waals surface area contributed by atoms with Gasteiger partial charge < -0.3 is 18.5 Å². The van der Waals surface area contributed by atoms with E-state index in [9.17, 15) is 0 Å². The Morgan fingerprint density at radius 2 is 1.92 bits per heavy atom. The van der Waals surface area contributed by atoms with Gasteiger partial charge in [-0.05, 0) is 19.6 Å². The molecule has 0 atom stereocenters. The van der Waals surface area contributed by atoms with Crippen molar-refractivity contribution in [3.63, 3.8) is 0 Å². The molecule has 0 aliphatic carbocycles. The second-order valence-electron chi connectivity index (χ2n) is 2.37. The third kappa shape index (κ3) is 4.06. The predicted molar refractivity (Wildman–Crippen MR) is 53.0 cm³/mol. The normalized spacial score (nSPS) is 15.1. The monoisotopic (exact) mass is 175 g/mol. The fourth-order valence-corrected chi connectivity index (χ4v) is 0.737. The minimum atomic E-state index is 0. The van der Waals surface area contributed by atoms with Crippen LogP contribution in [-0.2, 0) is 13.5 Å². The van der Waals surface area contributed by atoms with E-state index in [1.807, 2.05) is 26.8 Å². The Labute approximate surface area is 92.9 Å². The molecule has 0 aromatic rings. The van der Waals surface area contributed by atoms with Crippen molar-refractivity contribution in [2.75, 3.05) is 0 Å². The molecule has 1 aliphatic rings. The first-order chi connectivity index (χ1) is 4.70. The summed E-state index contributed by atoms with van der Waals surface area (Å²) in [4.78, 5) is 8.28. The van der Waals surface area contributed by atoms with E-state index in [-0.39, 0.29) is 32.4 Å². The molecular weight excluding hydrogens is 163 g/mol. The van der Waals surface area contributed by atoms with Gasteiger partial charge in [0.1, 0.15) is 5.84 Å². The zero-order valence-electron chi connectivity index (χ0n) is 8.00. The molecule has 1 aliphatic heterocycles. The van der Waals surface area contributed by atoms with Gasteiger partial charge in [-0.2, -0.15) is 5.92 Å². The Kier molecular flexibility index (Phi) is 7.71. The quantitative estimate of drug-likeness (QED) is 0.195. The first-order valence-electron chi connectivity index (χ1n) is 3.30. The summed E-state index contributed by atoms with van der Waals surface area (Å²) in [7, 11) is 0. The van der Waals surface area contributed by atoms with Crippen LogP contribution in [0.4, 0.5) is 0 Å². The molecule has 4 heteroatoms. The Morgan fingerprint density at radius 3 is 2.50 bits per heavy atom. The molecule has 0 spiro atoms. The second-order valence-corrected chi connectivity index (χ2v) is 2.37. The van der Waals surface area contributed by atoms with Crippen LogP contribution in [0.5, 0.6) is 0 Å². The van der Waals surface area contributed by atoms with E-state index >= 15 is 0 Å². The van der Waals surface area contributed by atoms with Crippen molar-refractivity contribution in [2.24, 2.45) is 9.98 Å². The van der Waals surface area contributed by atoms with Crippen molar-refractivity contribution in [3.05, 3.63) is 18.2 Å². The third-order valence-electron chi connectivity index (χ3n) is 1.49. The van der Waals surface area contributed by atoms with Gasteiger partial charge in [0.25, 0.3) is 0 Å². The predicted octanol–water partition coefficient (Wildman–Crippen LogP) is -1.28. The molecule has 2 nitrogen and oxygen atoms in total. The fourth-order valence-electron chi connectivity index (χ4n) is 0.737. The van der Waals surface area contributed by atoms with E-state index < -0.39 is 0 Å². The van der Waals surface area contributed by atoms with Gasteiger partial charge in [-0.15, -0.1) is 13.1 Å². The Morgan fingerprint density at radius 1 is 1.33 bits per heavy atom. The summed E-state index contributed by atoms with van der Waals surface area (Å²) in [5.74, 6) is 2.01. The zero-order chi connectivity index (χ0) is 7.56. The molecular formula is C8H12LiN2S-. The summed E-state index contributed by atoms with van der Waals surface area (Å²) in [6.07, 6.45) is 3.75. The molecule has 0 bridgehead atoms. The minimum Gasteiger partial charge on any atom is -0.813 e. The van der Waals surface area contributed by atoms with Crippen molar-refractivity contribution in [3.8, 4) is 0 Å². The van der Waals surface area contributed by atoms with Crippen LogP contribution in [0.25, 0.3) is 0 Å². The molecule has 0 N–H and O–H groups in total. The largest absolute Gasteiger partial charge is 1.00 e. The molecule has 0 amide bonds. The number of amidine groups is 1. The number of hydrogen-bond acceptors (Lipinski definition) is 3. The molecule has 0 aromatic carbocycles. The average molecular weight is 175 g/mol. The van der Waals surface area contributed by atoms with Gasteiger partial charge in [0.2, 0.25) is 0 Å². The van der Waals surface area contributed by atoms with Gasteiger partial charge in [0.05, 0.1) is 0 Å². The summed E-state index contributed by atoms with van der Waals surface area (Å²) in [5.41, 5.74) is 1.05. The van der Waals surface area contributed by atoms with E-state index in [0.29, 0.717) is 0 Å². The van der Waals surface area contributed by atoms with Gasteiger partial charge in [0, 0.05) is 0 Å². The number of hydrogen-bond donors (Lipinski definition) is 0. The first-order valence-corrected chi connectivity index (χ1v) is 3.30. The molecule has 0 unspecified atom stereocenters.